The molecule has 2 aromatic rings. The predicted octanol–water partition coefficient (Wildman–Crippen LogP) is 3.33. The van der Waals surface area contributed by atoms with Crippen LogP contribution in [0.2, 0.25) is 0 Å². The monoisotopic (exact) mass is 322 g/mol. The maximum atomic E-state index is 12.9. The number of aromatic carboxylic acids is 1. The van der Waals surface area contributed by atoms with Crippen LogP contribution >= 0.6 is 0 Å². The Labute approximate surface area is 130 Å². The molecule has 23 heavy (non-hydrogen) atoms. The van der Waals surface area contributed by atoms with Gasteiger partial charge in [-0.15, -0.1) is 8.78 Å². The molecule has 5 nitrogen and oxygen atoms in total. The van der Waals surface area contributed by atoms with Crippen LogP contribution < -0.4 is 14.2 Å². The number of fused-ring (bicyclic) bond motifs is 1. The number of hydrogen-bond donors (Lipinski definition) is 1. The van der Waals surface area contributed by atoms with Crippen molar-refractivity contribution < 1.29 is 32.9 Å². The standard InChI is InChI=1S/C16H12F2O5/c17-16(18)22-13-6-5-12(9-14(13)23-16)21-8-7-10-1-3-11(4-2-10)15(19)20/h1-6,9H,7-8H2,(H,19,20). The molecule has 0 fully saturated rings. The lowest BCUT2D eigenvalue weighted by Crippen LogP contribution is -2.25. The van der Waals surface area contributed by atoms with Gasteiger partial charge in [0.15, 0.2) is 11.5 Å². The van der Waals surface area contributed by atoms with Crippen molar-refractivity contribution in [3.63, 3.8) is 0 Å². The van der Waals surface area contributed by atoms with Gasteiger partial charge in [0.2, 0.25) is 0 Å². The smallest absolute Gasteiger partial charge is 0.493 e. The molecule has 7 heteroatoms. The zero-order valence-corrected chi connectivity index (χ0v) is 11.8. The third-order valence-corrected chi connectivity index (χ3v) is 3.23. The van der Waals surface area contributed by atoms with Crippen molar-refractivity contribution in [1.29, 1.82) is 0 Å². The summed E-state index contributed by atoms with van der Waals surface area (Å²) in [6.45, 7) is 0.308. The van der Waals surface area contributed by atoms with Crippen LogP contribution in [0, 0.1) is 0 Å². The van der Waals surface area contributed by atoms with Gasteiger partial charge in [0.1, 0.15) is 5.75 Å². The second kappa shape index (κ2) is 5.75. The first-order valence-corrected chi connectivity index (χ1v) is 6.78. The molecule has 0 spiro atoms. The number of ether oxygens (including phenoxy) is 3. The van der Waals surface area contributed by atoms with Crippen LogP contribution in [-0.4, -0.2) is 24.0 Å². The van der Waals surface area contributed by atoms with Crippen LogP contribution in [0.1, 0.15) is 15.9 Å². The first kappa shape index (κ1) is 15.1. The SMILES string of the molecule is O=C(O)c1ccc(CCOc2ccc3c(c2)OC(F)(F)O3)cc1. The summed E-state index contributed by atoms with van der Waals surface area (Å²) >= 11 is 0. The lowest BCUT2D eigenvalue weighted by atomic mass is 10.1. The summed E-state index contributed by atoms with van der Waals surface area (Å²) in [5, 5.41) is 8.81. The Kier molecular flexibility index (Phi) is 3.77. The summed E-state index contributed by atoms with van der Waals surface area (Å²) in [6, 6.07) is 10.6. The summed E-state index contributed by atoms with van der Waals surface area (Å²) in [6.07, 6.45) is -3.10. The highest BCUT2D eigenvalue weighted by atomic mass is 19.3. The fraction of sp³-hybridized carbons (Fsp3) is 0.188. The van der Waals surface area contributed by atoms with Crippen LogP contribution in [0.3, 0.4) is 0 Å². The number of carboxylic acids is 1. The van der Waals surface area contributed by atoms with E-state index in [4.69, 9.17) is 9.84 Å². The second-order valence-electron chi connectivity index (χ2n) is 4.88. The van der Waals surface area contributed by atoms with E-state index in [1.54, 1.807) is 12.1 Å². The second-order valence-corrected chi connectivity index (χ2v) is 4.88. The van der Waals surface area contributed by atoms with Gasteiger partial charge in [-0.05, 0) is 29.8 Å². The molecule has 0 saturated heterocycles. The topological polar surface area (TPSA) is 65.0 Å². The maximum Gasteiger partial charge on any atom is 0.586 e. The average molecular weight is 322 g/mol. The van der Waals surface area contributed by atoms with Gasteiger partial charge in [-0.25, -0.2) is 4.79 Å². The van der Waals surface area contributed by atoms with Crippen LogP contribution in [-0.2, 0) is 6.42 Å². The first-order chi connectivity index (χ1) is 10.9. The van der Waals surface area contributed by atoms with Crippen LogP contribution in [0.25, 0.3) is 0 Å². The van der Waals surface area contributed by atoms with E-state index >= 15 is 0 Å². The normalized spacial score (nSPS) is 14.5. The van der Waals surface area contributed by atoms with Crippen LogP contribution in [0.5, 0.6) is 17.2 Å². The van der Waals surface area contributed by atoms with Crippen molar-refractivity contribution in [3.8, 4) is 17.2 Å². The van der Waals surface area contributed by atoms with Crippen molar-refractivity contribution in [2.24, 2.45) is 0 Å². The Bertz CT molecular complexity index is 728. The number of carbonyl (C=O) groups is 1. The number of halogens is 2. The summed E-state index contributed by atoms with van der Waals surface area (Å²) in [5.41, 5.74) is 1.12. The largest absolute Gasteiger partial charge is 0.586 e. The summed E-state index contributed by atoms with van der Waals surface area (Å²) in [5.74, 6) is -0.706. The molecule has 2 aromatic carbocycles. The molecule has 1 heterocycles. The van der Waals surface area contributed by atoms with E-state index in [1.165, 1.54) is 30.3 Å². The maximum absolute atomic E-state index is 12.9. The molecular weight excluding hydrogens is 310 g/mol. The highest BCUT2D eigenvalue weighted by molar-refractivity contribution is 5.87. The molecule has 0 atom stereocenters. The zero-order chi connectivity index (χ0) is 16.4. The fourth-order valence-corrected chi connectivity index (χ4v) is 2.12. The van der Waals surface area contributed by atoms with E-state index in [0.29, 0.717) is 18.8 Å². The van der Waals surface area contributed by atoms with Crippen molar-refractivity contribution in [3.05, 3.63) is 53.6 Å². The number of alkyl halides is 2. The minimum atomic E-state index is -3.65. The Hall–Kier alpha value is -2.83. The minimum absolute atomic E-state index is 0.0355. The van der Waals surface area contributed by atoms with E-state index in [1.807, 2.05) is 0 Å². The molecule has 0 aliphatic carbocycles. The van der Waals surface area contributed by atoms with Gasteiger partial charge in [0.05, 0.1) is 12.2 Å². The highest BCUT2D eigenvalue weighted by Crippen LogP contribution is 2.42. The number of benzene rings is 2. The Morgan fingerprint density at radius 1 is 1.09 bits per heavy atom. The molecule has 1 aliphatic rings. The third-order valence-electron chi connectivity index (χ3n) is 3.23. The van der Waals surface area contributed by atoms with Crippen molar-refractivity contribution in [2.75, 3.05) is 6.61 Å². The summed E-state index contributed by atoms with van der Waals surface area (Å²) in [7, 11) is 0. The van der Waals surface area contributed by atoms with Gasteiger partial charge < -0.3 is 19.3 Å². The zero-order valence-electron chi connectivity index (χ0n) is 11.8. The molecule has 0 bridgehead atoms. The van der Waals surface area contributed by atoms with Crippen LogP contribution in [0.4, 0.5) is 8.78 Å². The van der Waals surface area contributed by atoms with E-state index in [2.05, 4.69) is 9.47 Å². The number of carboxylic acid groups (broad SMARTS) is 1. The summed E-state index contributed by atoms with van der Waals surface area (Å²) in [4.78, 5) is 10.7. The van der Waals surface area contributed by atoms with Gasteiger partial charge in [-0.2, -0.15) is 0 Å². The van der Waals surface area contributed by atoms with Gasteiger partial charge in [0.25, 0.3) is 0 Å². The van der Waals surface area contributed by atoms with E-state index in [-0.39, 0.29) is 17.1 Å². The first-order valence-electron chi connectivity index (χ1n) is 6.78. The van der Waals surface area contributed by atoms with E-state index in [0.717, 1.165) is 5.56 Å². The Morgan fingerprint density at radius 2 is 1.78 bits per heavy atom. The average Bonchev–Trinajstić information content (AvgIpc) is 2.81. The quantitative estimate of drug-likeness (QED) is 0.915. The molecule has 0 unspecified atom stereocenters. The molecule has 120 valence electrons. The minimum Gasteiger partial charge on any atom is -0.493 e. The molecule has 0 saturated carbocycles. The van der Waals surface area contributed by atoms with Gasteiger partial charge in [0, 0.05) is 12.5 Å². The van der Waals surface area contributed by atoms with Crippen LogP contribution in [0.15, 0.2) is 42.5 Å². The molecule has 0 amide bonds. The van der Waals surface area contributed by atoms with E-state index in [9.17, 15) is 13.6 Å². The molecule has 1 aliphatic heterocycles. The molecule has 3 rings (SSSR count). The third kappa shape index (κ3) is 3.50. The van der Waals surface area contributed by atoms with E-state index < -0.39 is 12.3 Å². The van der Waals surface area contributed by atoms with Gasteiger partial charge in [-0.3, -0.25) is 0 Å². The van der Waals surface area contributed by atoms with Crippen molar-refractivity contribution in [1.82, 2.24) is 0 Å². The Morgan fingerprint density at radius 3 is 2.48 bits per heavy atom. The predicted molar refractivity (Wildman–Crippen MR) is 75.2 cm³/mol. The van der Waals surface area contributed by atoms with Gasteiger partial charge in [-0.1, -0.05) is 12.1 Å². The van der Waals surface area contributed by atoms with Crippen molar-refractivity contribution >= 4 is 5.97 Å². The molecular formula is C16H12F2O5. The fourth-order valence-electron chi connectivity index (χ4n) is 2.12. The summed E-state index contributed by atoms with van der Waals surface area (Å²) < 4.78 is 39.9. The molecule has 1 N–H and O–H groups in total. The number of hydrogen-bond acceptors (Lipinski definition) is 4. The number of rotatable bonds is 5. The highest BCUT2D eigenvalue weighted by Gasteiger charge is 2.43. The van der Waals surface area contributed by atoms with Crippen molar-refractivity contribution in [2.45, 2.75) is 12.7 Å². The molecule has 0 radical (unpaired) electrons. The Balaban J connectivity index is 1.56. The lowest BCUT2D eigenvalue weighted by Gasteiger charge is -2.07. The van der Waals surface area contributed by atoms with Gasteiger partial charge >= 0.3 is 12.3 Å². The lowest BCUT2D eigenvalue weighted by molar-refractivity contribution is -0.286. The molecule has 0 aromatic heterocycles.